The molecule has 178 valence electrons. The van der Waals surface area contributed by atoms with Crippen molar-refractivity contribution in [2.45, 2.75) is 40.4 Å². The second kappa shape index (κ2) is 10.1. The Bertz CT molecular complexity index is 1360. The predicted molar refractivity (Wildman–Crippen MR) is 130 cm³/mol. The van der Waals surface area contributed by atoms with Gasteiger partial charge in [-0.2, -0.15) is 4.31 Å². The van der Waals surface area contributed by atoms with Crippen LogP contribution in [0, 0.1) is 0 Å². The maximum absolute atomic E-state index is 13.1. The van der Waals surface area contributed by atoms with Crippen molar-refractivity contribution in [1.29, 1.82) is 0 Å². The number of hydrogen-bond donors (Lipinski definition) is 1. The van der Waals surface area contributed by atoms with Gasteiger partial charge in [-0.1, -0.05) is 37.1 Å². The molecular formula is C25H26N2O5S2. The molecule has 9 heteroatoms. The molecule has 1 aliphatic heterocycles. The molecular weight excluding hydrogens is 472 g/mol. The quantitative estimate of drug-likeness (QED) is 0.545. The first-order valence-electron chi connectivity index (χ1n) is 11.1. The summed E-state index contributed by atoms with van der Waals surface area (Å²) in [7, 11) is -7.33. The molecule has 1 fully saturated rings. The minimum absolute atomic E-state index is 0.0892. The van der Waals surface area contributed by atoms with Crippen LogP contribution >= 0.6 is 0 Å². The minimum atomic E-state index is -3.68. The van der Waals surface area contributed by atoms with Gasteiger partial charge in [-0.25, -0.2) is 16.8 Å². The molecule has 0 atom stereocenters. The lowest BCUT2D eigenvalue weighted by molar-refractivity contribution is 0.102. The standard InChI is InChI=1S/C25H26N2O5S2/c28-25(20-9-8-12-24(19-20)34(31,32)27-17-6-1-2-7-18-27)26-21-13-15-23(16-14-21)33(29,30)22-10-4-3-5-11-22/h3-5,8-16,19H,1-2,6-7,17-18H2,(H,26,28). The summed E-state index contributed by atoms with van der Waals surface area (Å²) in [6.45, 7) is 0.966. The van der Waals surface area contributed by atoms with E-state index in [1.54, 1.807) is 30.3 Å². The molecule has 0 aromatic heterocycles. The molecule has 1 heterocycles. The van der Waals surface area contributed by atoms with Gasteiger partial charge in [-0.3, -0.25) is 4.79 Å². The highest BCUT2D eigenvalue weighted by Gasteiger charge is 2.26. The summed E-state index contributed by atoms with van der Waals surface area (Å²) in [6.07, 6.45) is 3.69. The Morgan fingerprint density at radius 2 is 1.26 bits per heavy atom. The predicted octanol–water partition coefficient (Wildman–Crippen LogP) is 4.34. The molecule has 3 aromatic carbocycles. The van der Waals surface area contributed by atoms with Crippen molar-refractivity contribution < 1.29 is 21.6 Å². The first-order valence-corrected chi connectivity index (χ1v) is 14.0. The zero-order chi connectivity index (χ0) is 24.2. The van der Waals surface area contributed by atoms with E-state index in [2.05, 4.69) is 5.32 Å². The smallest absolute Gasteiger partial charge is 0.255 e. The molecule has 7 nitrogen and oxygen atoms in total. The van der Waals surface area contributed by atoms with Crippen molar-refractivity contribution in [2.75, 3.05) is 18.4 Å². The average molecular weight is 499 g/mol. The summed E-state index contributed by atoms with van der Waals surface area (Å²) in [5.74, 6) is -0.480. The Hall–Kier alpha value is -3.01. The van der Waals surface area contributed by atoms with E-state index in [0.29, 0.717) is 18.8 Å². The summed E-state index contributed by atoms with van der Waals surface area (Å²) in [5.41, 5.74) is 0.606. The van der Waals surface area contributed by atoms with Crippen molar-refractivity contribution in [3.05, 3.63) is 84.4 Å². The number of rotatable bonds is 6. The van der Waals surface area contributed by atoms with E-state index in [1.165, 1.54) is 52.8 Å². The number of carbonyl (C=O) groups excluding carboxylic acids is 1. The first kappa shape index (κ1) is 24.1. The molecule has 1 amide bonds. The third kappa shape index (κ3) is 5.22. The van der Waals surface area contributed by atoms with E-state index in [0.717, 1.165) is 25.7 Å². The average Bonchev–Trinajstić information content (AvgIpc) is 3.15. The fourth-order valence-corrected chi connectivity index (χ4v) is 6.73. The van der Waals surface area contributed by atoms with Crippen LogP contribution in [0.2, 0.25) is 0 Å². The van der Waals surface area contributed by atoms with E-state index in [-0.39, 0.29) is 20.2 Å². The van der Waals surface area contributed by atoms with E-state index in [1.807, 2.05) is 0 Å². The molecule has 1 aliphatic rings. The van der Waals surface area contributed by atoms with Crippen LogP contribution in [-0.4, -0.2) is 40.1 Å². The molecule has 1 N–H and O–H groups in total. The van der Waals surface area contributed by atoms with Crippen molar-refractivity contribution in [2.24, 2.45) is 0 Å². The van der Waals surface area contributed by atoms with Gasteiger partial charge >= 0.3 is 0 Å². The summed E-state index contributed by atoms with van der Waals surface area (Å²) in [4.78, 5) is 13.2. The summed E-state index contributed by atoms with van der Waals surface area (Å²) in [6, 6.07) is 19.9. The van der Waals surface area contributed by atoms with Crippen molar-refractivity contribution in [3.8, 4) is 0 Å². The SMILES string of the molecule is O=C(Nc1ccc(S(=O)(=O)c2ccccc2)cc1)c1cccc(S(=O)(=O)N2CCCCCC2)c1. The minimum Gasteiger partial charge on any atom is -0.322 e. The van der Waals surface area contributed by atoms with E-state index < -0.39 is 25.8 Å². The Kier molecular flexibility index (Phi) is 7.16. The lowest BCUT2D eigenvalue weighted by Gasteiger charge is -2.20. The van der Waals surface area contributed by atoms with E-state index >= 15 is 0 Å². The van der Waals surface area contributed by atoms with Crippen LogP contribution in [-0.2, 0) is 19.9 Å². The van der Waals surface area contributed by atoms with Crippen molar-refractivity contribution >= 4 is 31.5 Å². The lowest BCUT2D eigenvalue weighted by atomic mass is 10.2. The van der Waals surface area contributed by atoms with Crippen LogP contribution < -0.4 is 5.32 Å². The van der Waals surface area contributed by atoms with Crippen LogP contribution in [0.3, 0.4) is 0 Å². The molecule has 0 unspecified atom stereocenters. The van der Waals surface area contributed by atoms with Crippen LogP contribution in [0.15, 0.2) is 93.5 Å². The Labute approximate surface area is 200 Å². The molecule has 0 aliphatic carbocycles. The molecule has 1 saturated heterocycles. The number of hydrogen-bond acceptors (Lipinski definition) is 5. The number of benzene rings is 3. The first-order chi connectivity index (χ1) is 16.3. The summed E-state index contributed by atoms with van der Waals surface area (Å²) >= 11 is 0. The Morgan fingerprint density at radius 1 is 0.676 bits per heavy atom. The second-order valence-corrected chi connectivity index (χ2v) is 12.0. The molecule has 0 spiro atoms. The van der Waals surface area contributed by atoms with Gasteiger partial charge < -0.3 is 5.32 Å². The number of carbonyl (C=O) groups is 1. The van der Waals surface area contributed by atoms with Crippen LogP contribution in [0.25, 0.3) is 0 Å². The Balaban J connectivity index is 1.50. The summed E-state index contributed by atoms with van der Waals surface area (Å²) in [5, 5.41) is 2.70. The molecule has 0 bridgehead atoms. The van der Waals surface area contributed by atoms with Crippen LogP contribution in [0.5, 0.6) is 0 Å². The van der Waals surface area contributed by atoms with E-state index in [4.69, 9.17) is 0 Å². The third-order valence-electron chi connectivity index (χ3n) is 5.78. The zero-order valence-electron chi connectivity index (χ0n) is 18.6. The Morgan fingerprint density at radius 3 is 1.91 bits per heavy atom. The van der Waals surface area contributed by atoms with Gasteiger partial charge in [0.05, 0.1) is 14.7 Å². The number of sulfonamides is 1. The van der Waals surface area contributed by atoms with Gasteiger partial charge in [-0.15, -0.1) is 0 Å². The van der Waals surface area contributed by atoms with E-state index in [9.17, 15) is 21.6 Å². The molecule has 0 saturated carbocycles. The summed E-state index contributed by atoms with van der Waals surface area (Å²) < 4.78 is 53.1. The monoisotopic (exact) mass is 498 g/mol. The zero-order valence-corrected chi connectivity index (χ0v) is 20.2. The normalized spacial score (nSPS) is 15.4. The number of amides is 1. The molecule has 0 radical (unpaired) electrons. The maximum Gasteiger partial charge on any atom is 0.255 e. The van der Waals surface area contributed by atoms with Crippen molar-refractivity contribution in [3.63, 3.8) is 0 Å². The molecule has 4 rings (SSSR count). The van der Waals surface area contributed by atoms with Gasteiger partial charge in [-0.05, 0) is 67.4 Å². The highest BCUT2D eigenvalue weighted by Crippen LogP contribution is 2.24. The van der Waals surface area contributed by atoms with Crippen LogP contribution in [0.1, 0.15) is 36.0 Å². The van der Waals surface area contributed by atoms with Gasteiger partial charge in [0.2, 0.25) is 19.9 Å². The lowest BCUT2D eigenvalue weighted by Crippen LogP contribution is -2.32. The maximum atomic E-state index is 13.1. The van der Waals surface area contributed by atoms with Gasteiger partial charge in [0.1, 0.15) is 0 Å². The second-order valence-electron chi connectivity index (χ2n) is 8.14. The van der Waals surface area contributed by atoms with Gasteiger partial charge in [0, 0.05) is 24.3 Å². The highest BCUT2D eigenvalue weighted by molar-refractivity contribution is 7.91. The fourth-order valence-electron chi connectivity index (χ4n) is 3.89. The third-order valence-corrected chi connectivity index (χ3v) is 9.46. The number of anilines is 1. The van der Waals surface area contributed by atoms with Gasteiger partial charge in [0.15, 0.2) is 0 Å². The number of nitrogens with zero attached hydrogens (tertiary/aromatic N) is 1. The number of nitrogens with one attached hydrogen (secondary N) is 1. The van der Waals surface area contributed by atoms with Gasteiger partial charge in [0.25, 0.3) is 5.91 Å². The molecule has 34 heavy (non-hydrogen) atoms. The van der Waals surface area contributed by atoms with Crippen LogP contribution in [0.4, 0.5) is 5.69 Å². The molecule has 3 aromatic rings. The fraction of sp³-hybridized carbons (Fsp3) is 0.240. The largest absolute Gasteiger partial charge is 0.322 e. The van der Waals surface area contributed by atoms with Crippen molar-refractivity contribution in [1.82, 2.24) is 4.31 Å². The highest BCUT2D eigenvalue weighted by atomic mass is 32.2. The topological polar surface area (TPSA) is 101 Å². The number of sulfone groups is 1.